The number of nitrogen functional groups attached to an aromatic ring is 1. The minimum atomic E-state index is 0.523. The van der Waals surface area contributed by atoms with Gasteiger partial charge in [-0.1, -0.05) is 34.1 Å². The van der Waals surface area contributed by atoms with Gasteiger partial charge in [0.05, 0.1) is 17.4 Å². The third kappa shape index (κ3) is 2.39. The minimum absolute atomic E-state index is 0.523. The highest BCUT2D eigenvalue weighted by atomic mass is 79.9. The average Bonchev–Trinajstić information content (AvgIpc) is 2.43. The highest BCUT2D eigenvalue weighted by molar-refractivity contribution is 9.10. The molecule has 0 spiro atoms. The van der Waals surface area contributed by atoms with E-state index < -0.39 is 0 Å². The van der Waals surface area contributed by atoms with Gasteiger partial charge in [0.2, 0.25) is 0 Å². The van der Waals surface area contributed by atoms with Crippen LogP contribution in [0.4, 0.5) is 5.69 Å². The standard InChI is InChI=1S/C15H11BrN2O/c16-10-6-7-14-12(8-10)15(13(17)9-18-14)19-11-4-2-1-3-5-11/h1-9H,17H2. The van der Waals surface area contributed by atoms with Crippen LogP contribution in [-0.4, -0.2) is 4.98 Å². The number of ether oxygens (including phenoxy) is 1. The minimum Gasteiger partial charge on any atom is -0.454 e. The number of nitrogens with two attached hydrogens (primary N) is 1. The van der Waals surface area contributed by atoms with E-state index in [1.54, 1.807) is 6.20 Å². The smallest absolute Gasteiger partial charge is 0.161 e. The topological polar surface area (TPSA) is 48.1 Å². The maximum atomic E-state index is 5.98. The van der Waals surface area contributed by atoms with Gasteiger partial charge in [0.25, 0.3) is 0 Å². The van der Waals surface area contributed by atoms with Crippen molar-refractivity contribution < 1.29 is 4.74 Å². The van der Waals surface area contributed by atoms with E-state index in [0.29, 0.717) is 11.4 Å². The van der Waals surface area contributed by atoms with E-state index in [9.17, 15) is 0 Å². The monoisotopic (exact) mass is 314 g/mol. The van der Waals surface area contributed by atoms with Gasteiger partial charge in [-0.3, -0.25) is 4.98 Å². The molecule has 0 amide bonds. The number of halogens is 1. The van der Waals surface area contributed by atoms with Crippen molar-refractivity contribution in [3.63, 3.8) is 0 Å². The second-order valence-electron chi connectivity index (χ2n) is 4.12. The number of para-hydroxylation sites is 1. The van der Waals surface area contributed by atoms with Crippen LogP contribution in [0.3, 0.4) is 0 Å². The lowest BCUT2D eigenvalue weighted by molar-refractivity contribution is 0.490. The highest BCUT2D eigenvalue weighted by Crippen LogP contribution is 2.35. The zero-order valence-corrected chi connectivity index (χ0v) is 11.6. The van der Waals surface area contributed by atoms with E-state index in [4.69, 9.17) is 10.5 Å². The molecule has 4 heteroatoms. The normalized spacial score (nSPS) is 10.6. The number of benzene rings is 2. The van der Waals surface area contributed by atoms with Crippen LogP contribution in [0.15, 0.2) is 59.2 Å². The fourth-order valence-corrected chi connectivity index (χ4v) is 2.24. The van der Waals surface area contributed by atoms with Gasteiger partial charge in [-0.15, -0.1) is 0 Å². The van der Waals surface area contributed by atoms with E-state index in [1.807, 2.05) is 48.5 Å². The molecule has 0 atom stereocenters. The van der Waals surface area contributed by atoms with Gasteiger partial charge in [0.1, 0.15) is 5.75 Å². The molecule has 0 aliphatic heterocycles. The van der Waals surface area contributed by atoms with Gasteiger partial charge in [-0.05, 0) is 30.3 Å². The van der Waals surface area contributed by atoms with Gasteiger partial charge >= 0.3 is 0 Å². The summed E-state index contributed by atoms with van der Waals surface area (Å²) in [5.74, 6) is 1.39. The fraction of sp³-hybridized carbons (Fsp3) is 0. The summed E-state index contributed by atoms with van der Waals surface area (Å²) in [6.07, 6.45) is 1.62. The van der Waals surface area contributed by atoms with Gasteiger partial charge in [0, 0.05) is 9.86 Å². The molecule has 3 aromatic rings. The van der Waals surface area contributed by atoms with Crippen LogP contribution in [0.5, 0.6) is 11.5 Å². The number of rotatable bonds is 2. The Morgan fingerprint density at radius 1 is 1.05 bits per heavy atom. The Morgan fingerprint density at radius 3 is 2.63 bits per heavy atom. The molecular formula is C15H11BrN2O. The SMILES string of the molecule is Nc1cnc2ccc(Br)cc2c1Oc1ccccc1. The second-order valence-corrected chi connectivity index (χ2v) is 5.03. The lowest BCUT2D eigenvalue weighted by atomic mass is 10.2. The van der Waals surface area contributed by atoms with Crippen molar-refractivity contribution in [3.05, 3.63) is 59.2 Å². The zero-order chi connectivity index (χ0) is 13.2. The average molecular weight is 315 g/mol. The summed E-state index contributed by atoms with van der Waals surface area (Å²) < 4.78 is 6.85. The Balaban J connectivity index is 2.16. The molecule has 1 heterocycles. The zero-order valence-electron chi connectivity index (χ0n) is 10.0. The molecule has 1 aromatic heterocycles. The van der Waals surface area contributed by atoms with Crippen molar-refractivity contribution in [3.8, 4) is 11.5 Å². The van der Waals surface area contributed by atoms with Crippen LogP contribution in [-0.2, 0) is 0 Å². The number of fused-ring (bicyclic) bond motifs is 1. The molecule has 3 rings (SSSR count). The molecule has 0 saturated heterocycles. The third-order valence-corrected chi connectivity index (χ3v) is 3.26. The Bertz CT molecular complexity index is 724. The summed E-state index contributed by atoms with van der Waals surface area (Å²) >= 11 is 3.45. The molecule has 0 radical (unpaired) electrons. The summed E-state index contributed by atoms with van der Waals surface area (Å²) in [5, 5.41) is 0.887. The largest absolute Gasteiger partial charge is 0.454 e. The quantitative estimate of drug-likeness (QED) is 0.764. The maximum Gasteiger partial charge on any atom is 0.161 e. The molecular weight excluding hydrogens is 304 g/mol. The molecule has 2 N–H and O–H groups in total. The van der Waals surface area contributed by atoms with Crippen LogP contribution in [0.25, 0.3) is 10.9 Å². The van der Waals surface area contributed by atoms with Crippen LogP contribution in [0.1, 0.15) is 0 Å². The summed E-state index contributed by atoms with van der Waals surface area (Å²) in [6.45, 7) is 0. The van der Waals surface area contributed by atoms with Crippen LogP contribution >= 0.6 is 15.9 Å². The van der Waals surface area contributed by atoms with Crippen LogP contribution in [0.2, 0.25) is 0 Å². The molecule has 0 saturated carbocycles. The number of anilines is 1. The first kappa shape index (κ1) is 12.0. The summed E-state index contributed by atoms with van der Waals surface area (Å²) in [5.41, 5.74) is 7.35. The van der Waals surface area contributed by atoms with Crippen molar-refractivity contribution in [1.82, 2.24) is 4.98 Å². The lowest BCUT2D eigenvalue weighted by Crippen LogP contribution is -1.95. The number of pyridine rings is 1. The van der Waals surface area contributed by atoms with Crippen molar-refractivity contribution >= 4 is 32.5 Å². The number of hydrogen-bond donors (Lipinski definition) is 1. The fourth-order valence-electron chi connectivity index (χ4n) is 1.88. The predicted octanol–water partition coefficient (Wildman–Crippen LogP) is 4.37. The summed E-state index contributed by atoms with van der Waals surface area (Å²) in [7, 11) is 0. The molecule has 2 aromatic carbocycles. The third-order valence-electron chi connectivity index (χ3n) is 2.77. The Kier molecular flexibility index (Phi) is 3.09. The number of hydrogen-bond acceptors (Lipinski definition) is 3. The first-order chi connectivity index (χ1) is 9.24. The van der Waals surface area contributed by atoms with Crippen LogP contribution < -0.4 is 10.5 Å². The molecule has 0 unspecified atom stereocenters. The second kappa shape index (κ2) is 4.90. The molecule has 19 heavy (non-hydrogen) atoms. The lowest BCUT2D eigenvalue weighted by Gasteiger charge is -2.11. The predicted molar refractivity (Wildman–Crippen MR) is 80.4 cm³/mol. The maximum absolute atomic E-state index is 5.98. The summed E-state index contributed by atoms with van der Waals surface area (Å²) in [6, 6.07) is 15.4. The van der Waals surface area contributed by atoms with Gasteiger partial charge in [-0.25, -0.2) is 0 Å². The highest BCUT2D eigenvalue weighted by Gasteiger charge is 2.09. The Hall–Kier alpha value is -2.07. The molecule has 0 bridgehead atoms. The first-order valence-electron chi connectivity index (χ1n) is 5.81. The van der Waals surface area contributed by atoms with Crippen molar-refractivity contribution in [1.29, 1.82) is 0 Å². The van der Waals surface area contributed by atoms with Crippen LogP contribution in [0, 0.1) is 0 Å². The van der Waals surface area contributed by atoms with Crippen molar-refractivity contribution in [2.45, 2.75) is 0 Å². The van der Waals surface area contributed by atoms with E-state index in [1.165, 1.54) is 0 Å². The molecule has 3 nitrogen and oxygen atoms in total. The first-order valence-corrected chi connectivity index (χ1v) is 6.60. The Morgan fingerprint density at radius 2 is 1.84 bits per heavy atom. The summed E-state index contributed by atoms with van der Waals surface area (Å²) in [4.78, 5) is 4.30. The molecule has 94 valence electrons. The van der Waals surface area contributed by atoms with E-state index in [-0.39, 0.29) is 0 Å². The van der Waals surface area contributed by atoms with Gasteiger partial charge in [-0.2, -0.15) is 0 Å². The van der Waals surface area contributed by atoms with Gasteiger partial charge < -0.3 is 10.5 Å². The van der Waals surface area contributed by atoms with E-state index >= 15 is 0 Å². The molecule has 0 aliphatic carbocycles. The van der Waals surface area contributed by atoms with Crippen molar-refractivity contribution in [2.75, 3.05) is 5.73 Å². The number of nitrogens with zero attached hydrogens (tertiary/aromatic N) is 1. The molecule has 0 fully saturated rings. The van der Waals surface area contributed by atoms with Gasteiger partial charge in [0.15, 0.2) is 5.75 Å². The van der Waals surface area contributed by atoms with Crippen molar-refractivity contribution in [2.24, 2.45) is 0 Å². The Labute approximate surface area is 119 Å². The molecule has 0 aliphatic rings. The van der Waals surface area contributed by atoms with E-state index in [2.05, 4.69) is 20.9 Å². The van der Waals surface area contributed by atoms with E-state index in [0.717, 1.165) is 21.1 Å². The number of aromatic nitrogens is 1.